The average molecular weight is 390 g/mol. The number of aliphatic hydroxyl groups is 6. The third-order valence-corrected chi connectivity index (χ3v) is 5.39. The van der Waals surface area contributed by atoms with Crippen LogP contribution in [0.2, 0.25) is 0 Å². The molecule has 0 aliphatic carbocycles. The molecule has 6 atom stereocenters. The molecular formula is C22H30O6. The van der Waals surface area contributed by atoms with Gasteiger partial charge in [-0.05, 0) is 25.0 Å². The average Bonchev–Trinajstić information content (AvgIpc) is 2.68. The van der Waals surface area contributed by atoms with Gasteiger partial charge in [0.25, 0.3) is 0 Å². The molecule has 0 aliphatic heterocycles. The molecule has 0 amide bonds. The zero-order chi connectivity index (χ0) is 20.9. The van der Waals surface area contributed by atoms with Crippen LogP contribution < -0.4 is 0 Å². The Labute approximate surface area is 165 Å². The molecule has 0 saturated carbocycles. The molecule has 2 rings (SSSR count). The first kappa shape index (κ1) is 22.5. The van der Waals surface area contributed by atoms with Gasteiger partial charge in [0.1, 0.15) is 23.4 Å². The van der Waals surface area contributed by atoms with Gasteiger partial charge in [-0.15, -0.1) is 0 Å². The van der Waals surface area contributed by atoms with Crippen LogP contribution >= 0.6 is 0 Å². The Kier molecular flexibility index (Phi) is 7.33. The Hall–Kier alpha value is -1.80. The van der Waals surface area contributed by atoms with Gasteiger partial charge in [0.15, 0.2) is 0 Å². The number of benzene rings is 2. The van der Waals surface area contributed by atoms with Crippen molar-refractivity contribution in [3.05, 3.63) is 71.8 Å². The predicted octanol–water partition coefficient (Wildman–Crippen LogP) is 0.417. The zero-order valence-electron chi connectivity index (χ0n) is 16.2. The van der Waals surface area contributed by atoms with Crippen molar-refractivity contribution >= 4 is 0 Å². The first-order valence-corrected chi connectivity index (χ1v) is 9.31. The molecule has 0 fully saturated rings. The van der Waals surface area contributed by atoms with Gasteiger partial charge in [0.05, 0.1) is 12.2 Å². The molecule has 0 radical (unpaired) electrons. The van der Waals surface area contributed by atoms with Gasteiger partial charge in [-0.25, -0.2) is 0 Å². The Morgan fingerprint density at radius 2 is 0.893 bits per heavy atom. The topological polar surface area (TPSA) is 121 Å². The lowest BCUT2D eigenvalue weighted by atomic mass is 9.78. The molecule has 0 heterocycles. The van der Waals surface area contributed by atoms with Crippen molar-refractivity contribution in [2.75, 3.05) is 0 Å². The molecule has 0 aliphatic rings. The third kappa shape index (κ3) is 5.17. The van der Waals surface area contributed by atoms with Crippen molar-refractivity contribution in [3.8, 4) is 0 Å². The van der Waals surface area contributed by atoms with Crippen LogP contribution in [0.3, 0.4) is 0 Å². The van der Waals surface area contributed by atoms with E-state index in [1.54, 1.807) is 48.5 Å². The Morgan fingerprint density at radius 1 is 0.607 bits per heavy atom. The van der Waals surface area contributed by atoms with Gasteiger partial charge in [0, 0.05) is 12.8 Å². The summed E-state index contributed by atoms with van der Waals surface area (Å²) in [6, 6.07) is 17.8. The molecule has 6 N–H and O–H groups in total. The summed E-state index contributed by atoms with van der Waals surface area (Å²) < 4.78 is 0. The summed E-state index contributed by atoms with van der Waals surface area (Å²) in [5.41, 5.74) is -2.75. The summed E-state index contributed by atoms with van der Waals surface area (Å²) in [4.78, 5) is 0. The Bertz CT molecular complexity index is 653. The molecule has 2 unspecified atom stereocenters. The second-order valence-corrected chi connectivity index (χ2v) is 7.75. The van der Waals surface area contributed by atoms with Gasteiger partial charge in [-0.1, -0.05) is 60.7 Å². The van der Waals surface area contributed by atoms with E-state index in [0.29, 0.717) is 0 Å². The normalized spacial score (nSPS) is 20.4. The van der Waals surface area contributed by atoms with Gasteiger partial charge in [-0.2, -0.15) is 0 Å². The Balaban J connectivity index is 2.09. The van der Waals surface area contributed by atoms with E-state index in [1.807, 2.05) is 12.1 Å². The molecule has 0 bridgehead atoms. The van der Waals surface area contributed by atoms with Crippen LogP contribution in [0.25, 0.3) is 0 Å². The summed E-state index contributed by atoms with van der Waals surface area (Å²) >= 11 is 0. The number of hydrogen-bond donors (Lipinski definition) is 6. The van der Waals surface area contributed by atoms with Crippen molar-refractivity contribution in [2.24, 2.45) is 0 Å². The van der Waals surface area contributed by atoms with E-state index in [2.05, 4.69) is 0 Å². The smallest absolute Gasteiger partial charge is 0.116 e. The van der Waals surface area contributed by atoms with Crippen molar-refractivity contribution < 1.29 is 30.6 Å². The van der Waals surface area contributed by atoms with Gasteiger partial charge >= 0.3 is 0 Å². The molecule has 2 aromatic carbocycles. The van der Waals surface area contributed by atoms with E-state index < -0.39 is 35.6 Å². The summed E-state index contributed by atoms with van der Waals surface area (Å²) in [5, 5.41) is 63.2. The highest BCUT2D eigenvalue weighted by Crippen LogP contribution is 2.28. The fourth-order valence-electron chi connectivity index (χ4n) is 3.12. The maximum absolute atomic E-state index is 10.7. The molecule has 0 aromatic heterocycles. The van der Waals surface area contributed by atoms with E-state index in [-0.39, 0.29) is 12.8 Å². The first-order chi connectivity index (χ1) is 13.1. The van der Waals surface area contributed by atoms with Crippen molar-refractivity contribution in [3.63, 3.8) is 0 Å². The van der Waals surface area contributed by atoms with Crippen LogP contribution in [-0.4, -0.2) is 66.3 Å². The minimum atomic E-state index is -2.12. The molecule has 28 heavy (non-hydrogen) atoms. The fraction of sp³-hybridized carbons (Fsp3) is 0.455. The molecule has 2 aromatic rings. The summed E-state index contributed by atoms with van der Waals surface area (Å²) in [7, 11) is 0. The minimum absolute atomic E-state index is 0.0479. The minimum Gasteiger partial charge on any atom is -0.390 e. The third-order valence-electron chi connectivity index (χ3n) is 5.39. The molecule has 6 heteroatoms. The SMILES string of the molecule is C[C@@](O)(C(O)Cc1ccccc1)[C@@H](O)[C@H](O)[C@](C)(O)C(O)Cc1ccccc1. The largest absolute Gasteiger partial charge is 0.390 e. The highest BCUT2D eigenvalue weighted by molar-refractivity contribution is 5.18. The quantitative estimate of drug-likeness (QED) is 0.369. The summed E-state index contributed by atoms with van der Waals surface area (Å²) in [5.74, 6) is 0. The van der Waals surface area contributed by atoms with Crippen LogP contribution in [0, 0.1) is 0 Å². The molecule has 154 valence electrons. The zero-order valence-corrected chi connectivity index (χ0v) is 16.2. The molecular weight excluding hydrogens is 360 g/mol. The van der Waals surface area contributed by atoms with Crippen molar-refractivity contribution in [1.29, 1.82) is 0 Å². The van der Waals surface area contributed by atoms with E-state index in [9.17, 15) is 30.6 Å². The van der Waals surface area contributed by atoms with E-state index in [1.165, 1.54) is 13.8 Å². The van der Waals surface area contributed by atoms with Crippen LogP contribution in [0.1, 0.15) is 25.0 Å². The lowest BCUT2D eigenvalue weighted by Gasteiger charge is -2.42. The second-order valence-electron chi connectivity index (χ2n) is 7.75. The van der Waals surface area contributed by atoms with Crippen LogP contribution in [0.15, 0.2) is 60.7 Å². The number of aliphatic hydroxyl groups excluding tert-OH is 4. The van der Waals surface area contributed by atoms with Crippen LogP contribution in [-0.2, 0) is 12.8 Å². The monoisotopic (exact) mass is 390 g/mol. The van der Waals surface area contributed by atoms with E-state index in [4.69, 9.17) is 0 Å². The first-order valence-electron chi connectivity index (χ1n) is 9.31. The maximum Gasteiger partial charge on any atom is 0.116 e. The molecule has 6 nitrogen and oxygen atoms in total. The number of hydrogen-bond acceptors (Lipinski definition) is 6. The van der Waals surface area contributed by atoms with Gasteiger partial charge in [-0.3, -0.25) is 0 Å². The lowest BCUT2D eigenvalue weighted by molar-refractivity contribution is -0.222. The predicted molar refractivity (Wildman–Crippen MR) is 106 cm³/mol. The highest BCUT2D eigenvalue weighted by Gasteiger charge is 2.50. The van der Waals surface area contributed by atoms with Crippen molar-refractivity contribution in [1.82, 2.24) is 0 Å². The van der Waals surface area contributed by atoms with Crippen LogP contribution in [0.4, 0.5) is 0 Å². The maximum atomic E-state index is 10.7. The summed E-state index contributed by atoms with van der Waals surface area (Å²) in [6.45, 7) is 2.38. The summed E-state index contributed by atoms with van der Waals surface area (Å²) in [6.07, 6.45) is -6.50. The van der Waals surface area contributed by atoms with Crippen LogP contribution in [0.5, 0.6) is 0 Å². The highest BCUT2D eigenvalue weighted by atomic mass is 16.4. The molecule has 0 spiro atoms. The van der Waals surface area contributed by atoms with E-state index >= 15 is 0 Å². The Morgan fingerprint density at radius 3 is 1.18 bits per heavy atom. The van der Waals surface area contributed by atoms with E-state index in [0.717, 1.165) is 11.1 Å². The fourth-order valence-corrected chi connectivity index (χ4v) is 3.12. The number of rotatable bonds is 9. The lowest BCUT2D eigenvalue weighted by Crippen LogP contribution is -2.63. The van der Waals surface area contributed by atoms with Crippen molar-refractivity contribution in [2.45, 2.75) is 62.3 Å². The van der Waals surface area contributed by atoms with Gasteiger partial charge in [0.2, 0.25) is 0 Å². The van der Waals surface area contributed by atoms with Gasteiger partial charge < -0.3 is 30.6 Å². The molecule has 0 saturated heterocycles. The standard InChI is InChI=1S/C22H30O6/c1-21(27,17(23)13-15-9-5-3-6-10-15)19(25)20(26)22(2,28)18(24)14-16-11-7-4-8-12-16/h3-12,17-20,23-28H,13-14H2,1-2H3/t17?,18?,19-,20-,21+,22+/m0/s1. The second kappa shape index (κ2) is 9.13.